The van der Waals surface area contributed by atoms with Crippen molar-refractivity contribution < 1.29 is 4.79 Å². The molecule has 2 amide bonds. The van der Waals surface area contributed by atoms with Crippen molar-refractivity contribution in [2.45, 2.75) is 65.6 Å². The Hall–Kier alpha value is -1.55. The van der Waals surface area contributed by atoms with Gasteiger partial charge in [-0.2, -0.15) is 0 Å². The highest BCUT2D eigenvalue weighted by atomic mass is 16.2. The lowest BCUT2D eigenvalue weighted by Gasteiger charge is -2.33. The predicted octanol–water partition coefficient (Wildman–Crippen LogP) is 3.56. The molecule has 0 aliphatic carbocycles. The molecule has 134 valence electrons. The maximum Gasteiger partial charge on any atom is 0.315 e. The molecule has 0 saturated carbocycles. The zero-order chi connectivity index (χ0) is 17.5. The lowest BCUT2D eigenvalue weighted by atomic mass is 10.0. The lowest BCUT2D eigenvalue weighted by Crippen LogP contribution is -2.51. The molecular weight excluding hydrogens is 298 g/mol. The quantitative estimate of drug-likeness (QED) is 0.837. The van der Waals surface area contributed by atoms with E-state index in [0.29, 0.717) is 5.92 Å². The molecule has 1 fully saturated rings. The van der Waals surface area contributed by atoms with Crippen LogP contribution in [0.5, 0.6) is 0 Å². The molecule has 1 aliphatic heterocycles. The first-order valence-electron chi connectivity index (χ1n) is 9.29. The summed E-state index contributed by atoms with van der Waals surface area (Å²) in [6.45, 7) is 11.5. The van der Waals surface area contributed by atoms with Gasteiger partial charge in [-0.15, -0.1) is 0 Å². The monoisotopic (exact) mass is 331 g/mol. The van der Waals surface area contributed by atoms with Gasteiger partial charge in [0.1, 0.15) is 0 Å². The van der Waals surface area contributed by atoms with Crippen LogP contribution in [0.1, 0.15) is 51.7 Å². The molecule has 0 bridgehead atoms. The van der Waals surface area contributed by atoms with Crippen LogP contribution in [-0.4, -0.2) is 36.1 Å². The fourth-order valence-electron chi connectivity index (χ4n) is 3.32. The van der Waals surface area contributed by atoms with Crippen LogP contribution in [-0.2, 0) is 13.0 Å². The molecule has 1 saturated heterocycles. The van der Waals surface area contributed by atoms with Gasteiger partial charge >= 0.3 is 6.03 Å². The van der Waals surface area contributed by atoms with E-state index in [-0.39, 0.29) is 18.1 Å². The van der Waals surface area contributed by atoms with E-state index in [1.54, 1.807) is 0 Å². The van der Waals surface area contributed by atoms with Crippen LogP contribution in [0.15, 0.2) is 24.3 Å². The summed E-state index contributed by atoms with van der Waals surface area (Å²) in [4.78, 5) is 14.3. The number of nitrogens with zero attached hydrogens (tertiary/aromatic N) is 1. The van der Waals surface area contributed by atoms with Gasteiger partial charge in [0, 0.05) is 25.2 Å². The normalized spacial score (nSPS) is 18.8. The number of amides is 2. The molecule has 4 nitrogen and oxygen atoms in total. The van der Waals surface area contributed by atoms with Crippen LogP contribution < -0.4 is 10.6 Å². The van der Waals surface area contributed by atoms with Gasteiger partial charge in [-0.3, -0.25) is 4.90 Å². The third-order valence-electron chi connectivity index (χ3n) is 4.33. The first kappa shape index (κ1) is 18.8. The number of carbonyl (C=O) groups is 1. The van der Waals surface area contributed by atoms with Crippen LogP contribution in [0.3, 0.4) is 0 Å². The van der Waals surface area contributed by atoms with Crippen LogP contribution in [0.2, 0.25) is 0 Å². The summed E-state index contributed by atoms with van der Waals surface area (Å²) >= 11 is 0. The molecule has 0 aromatic heterocycles. The summed E-state index contributed by atoms with van der Waals surface area (Å²) in [6, 6.07) is 9.39. The van der Waals surface area contributed by atoms with Crippen LogP contribution >= 0.6 is 0 Å². The van der Waals surface area contributed by atoms with Crippen molar-refractivity contribution in [3.05, 3.63) is 35.4 Å². The van der Waals surface area contributed by atoms with E-state index in [0.717, 1.165) is 38.9 Å². The van der Waals surface area contributed by atoms with E-state index in [4.69, 9.17) is 0 Å². The van der Waals surface area contributed by atoms with E-state index < -0.39 is 0 Å². The maximum absolute atomic E-state index is 11.9. The molecule has 1 atom stereocenters. The first-order chi connectivity index (χ1) is 11.4. The predicted molar refractivity (Wildman–Crippen MR) is 100 cm³/mol. The third kappa shape index (κ3) is 6.52. The van der Waals surface area contributed by atoms with E-state index in [9.17, 15) is 4.79 Å². The molecule has 0 spiro atoms. The summed E-state index contributed by atoms with van der Waals surface area (Å²) in [6.07, 6.45) is 3.34. The fraction of sp³-hybridized carbons (Fsp3) is 0.650. The van der Waals surface area contributed by atoms with Crippen molar-refractivity contribution >= 4 is 6.03 Å². The minimum atomic E-state index is -0.0464. The zero-order valence-electron chi connectivity index (χ0n) is 15.6. The van der Waals surface area contributed by atoms with E-state index >= 15 is 0 Å². The number of benzene rings is 1. The Bertz CT molecular complexity index is 510. The second-order valence-electron chi connectivity index (χ2n) is 7.76. The molecule has 4 heteroatoms. The standard InChI is InChI=1S/C20H33N3O/c1-15(2)12-17-7-9-18(10-8-17)13-23-11-5-6-19(14-23)22-20(24)21-16(3)4/h7-10,15-16,19H,5-6,11-14H2,1-4H3,(H2,21,22,24)/t19-/m1/s1. The second kappa shape index (κ2) is 9.07. The number of nitrogens with one attached hydrogen (secondary N) is 2. The topological polar surface area (TPSA) is 44.4 Å². The highest BCUT2D eigenvalue weighted by Gasteiger charge is 2.21. The lowest BCUT2D eigenvalue weighted by molar-refractivity contribution is 0.179. The molecule has 1 aromatic carbocycles. The van der Waals surface area contributed by atoms with Gasteiger partial charge < -0.3 is 10.6 Å². The number of likely N-dealkylation sites (tertiary alicyclic amines) is 1. The molecule has 2 N–H and O–H groups in total. The van der Waals surface area contributed by atoms with E-state index in [1.807, 2.05) is 13.8 Å². The number of rotatable bonds is 6. The van der Waals surface area contributed by atoms with Crippen molar-refractivity contribution in [1.29, 1.82) is 0 Å². The van der Waals surface area contributed by atoms with Gasteiger partial charge in [0.15, 0.2) is 0 Å². The zero-order valence-corrected chi connectivity index (χ0v) is 15.6. The number of carbonyl (C=O) groups excluding carboxylic acids is 1. The van der Waals surface area contributed by atoms with Gasteiger partial charge in [0.25, 0.3) is 0 Å². The van der Waals surface area contributed by atoms with Crippen molar-refractivity contribution in [2.24, 2.45) is 5.92 Å². The summed E-state index contributed by atoms with van der Waals surface area (Å²) in [7, 11) is 0. The molecule has 0 unspecified atom stereocenters. The Balaban J connectivity index is 1.83. The van der Waals surface area contributed by atoms with E-state index in [2.05, 4.69) is 53.6 Å². The Morgan fingerprint density at radius 2 is 1.83 bits per heavy atom. The second-order valence-corrected chi connectivity index (χ2v) is 7.76. The molecule has 0 radical (unpaired) electrons. The third-order valence-corrected chi connectivity index (χ3v) is 4.33. The number of hydrogen-bond acceptors (Lipinski definition) is 2. The minimum Gasteiger partial charge on any atom is -0.336 e. The van der Waals surface area contributed by atoms with Gasteiger partial charge in [0.05, 0.1) is 0 Å². The van der Waals surface area contributed by atoms with Gasteiger partial charge in [-0.1, -0.05) is 38.1 Å². The van der Waals surface area contributed by atoms with Crippen molar-refractivity contribution in [3.8, 4) is 0 Å². The average Bonchev–Trinajstić information content (AvgIpc) is 2.48. The van der Waals surface area contributed by atoms with Crippen molar-refractivity contribution in [2.75, 3.05) is 13.1 Å². The van der Waals surface area contributed by atoms with Gasteiger partial charge in [-0.05, 0) is 56.7 Å². The molecule has 1 aromatic rings. The molecule has 1 heterocycles. The van der Waals surface area contributed by atoms with E-state index in [1.165, 1.54) is 11.1 Å². The maximum atomic E-state index is 11.9. The van der Waals surface area contributed by atoms with Crippen LogP contribution in [0.4, 0.5) is 4.79 Å². The number of urea groups is 1. The minimum absolute atomic E-state index is 0.0464. The van der Waals surface area contributed by atoms with Crippen LogP contribution in [0.25, 0.3) is 0 Å². The Kier molecular flexibility index (Phi) is 7.10. The number of piperidine rings is 1. The van der Waals surface area contributed by atoms with Crippen LogP contribution in [0, 0.1) is 5.92 Å². The molecule has 1 aliphatic rings. The average molecular weight is 332 g/mol. The van der Waals surface area contributed by atoms with Crippen molar-refractivity contribution in [3.63, 3.8) is 0 Å². The number of hydrogen-bond donors (Lipinski definition) is 2. The molecule has 2 rings (SSSR count). The Morgan fingerprint density at radius 3 is 2.46 bits per heavy atom. The largest absolute Gasteiger partial charge is 0.336 e. The first-order valence-corrected chi connectivity index (χ1v) is 9.29. The van der Waals surface area contributed by atoms with Crippen molar-refractivity contribution in [1.82, 2.24) is 15.5 Å². The highest BCUT2D eigenvalue weighted by molar-refractivity contribution is 5.74. The Morgan fingerprint density at radius 1 is 1.17 bits per heavy atom. The van der Waals surface area contributed by atoms with Gasteiger partial charge in [0.2, 0.25) is 0 Å². The summed E-state index contributed by atoms with van der Waals surface area (Å²) in [5, 5.41) is 6.01. The summed E-state index contributed by atoms with van der Waals surface area (Å²) in [5.74, 6) is 0.696. The summed E-state index contributed by atoms with van der Waals surface area (Å²) in [5.41, 5.74) is 2.77. The van der Waals surface area contributed by atoms with Gasteiger partial charge in [-0.25, -0.2) is 4.79 Å². The summed E-state index contributed by atoms with van der Waals surface area (Å²) < 4.78 is 0. The fourth-order valence-corrected chi connectivity index (χ4v) is 3.32. The molecule has 24 heavy (non-hydrogen) atoms. The highest BCUT2D eigenvalue weighted by Crippen LogP contribution is 2.15. The SMILES string of the molecule is CC(C)Cc1ccc(CN2CCC[C@@H](NC(=O)NC(C)C)C2)cc1. The smallest absolute Gasteiger partial charge is 0.315 e. The Labute approximate surface area is 147 Å². The molecular formula is C20H33N3O.